The third-order valence-electron chi connectivity index (χ3n) is 2.88. The van der Waals surface area contributed by atoms with Gasteiger partial charge in [-0.3, -0.25) is 0 Å². The maximum Gasteiger partial charge on any atom is 0.119 e. The molecule has 0 bridgehead atoms. The van der Waals surface area contributed by atoms with Crippen molar-refractivity contribution >= 4 is 0 Å². The molecular weight excluding hydrogens is 226 g/mol. The third-order valence-corrected chi connectivity index (χ3v) is 2.88. The first-order valence-corrected chi connectivity index (χ1v) is 6.62. The minimum Gasteiger partial charge on any atom is -0.491 e. The Kier molecular flexibility index (Phi) is 6.76. The molecule has 0 spiro atoms. The zero-order chi connectivity index (χ0) is 13.4. The lowest BCUT2D eigenvalue weighted by molar-refractivity contribution is 0.135. The van der Waals surface area contributed by atoms with Crippen LogP contribution in [0.1, 0.15) is 32.3 Å². The Morgan fingerprint density at radius 1 is 1.11 bits per heavy atom. The predicted octanol–water partition coefficient (Wildman–Crippen LogP) is 2.77. The Balaban J connectivity index is 2.39. The summed E-state index contributed by atoms with van der Waals surface area (Å²) in [7, 11) is 1.71. The molecule has 3 heteroatoms. The van der Waals surface area contributed by atoms with Gasteiger partial charge in [0.2, 0.25) is 0 Å². The van der Waals surface area contributed by atoms with Crippen LogP contribution in [0.4, 0.5) is 0 Å². The van der Waals surface area contributed by atoms with Gasteiger partial charge in [0.1, 0.15) is 5.75 Å². The van der Waals surface area contributed by atoms with E-state index in [9.17, 15) is 0 Å². The Morgan fingerprint density at radius 2 is 1.78 bits per heavy atom. The van der Waals surface area contributed by atoms with Crippen LogP contribution in [0.5, 0.6) is 5.75 Å². The van der Waals surface area contributed by atoms with Gasteiger partial charge < -0.3 is 15.2 Å². The number of nitrogens with two attached hydrogens (primary N) is 1. The second-order valence-electron chi connectivity index (χ2n) is 4.87. The van der Waals surface area contributed by atoms with Crippen molar-refractivity contribution in [3.05, 3.63) is 29.8 Å². The Bertz CT molecular complexity index is 322. The summed E-state index contributed by atoms with van der Waals surface area (Å²) >= 11 is 0. The second kappa shape index (κ2) is 8.11. The number of ether oxygens (including phenoxy) is 2. The maximum atomic E-state index is 5.79. The topological polar surface area (TPSA) is 44.5 Å². The zero-order valence-electron chi connectivity index (χ0n) is 11.7. The van der Waals surface area contributed by atoms with Crippen LogP contribution < -0.4 is 10.5 Å². The molecule has 0 radical (unpaired) electrons. The van der Waals surface area contributed by atoms with Gasteiger partial charge in [-0.15, -0.1) is 0 Å². The maximum absolute atomic E-state index is 5.79. The van der Waals surface area contributed by atoms with Crippen LogP contribution in [-0.2, 0) is 11.2 Å². The standard InChI is InChI=1S/C15H25NO2/c1-12(16)4-5-14-6-8-15(9-7-14)18-13(2)10-11-17-3/h6-9,12-13H,4-5,10-11,16H2,1-3H3. The molecule has 102 valence electrons. The highest BCUT2D eigenvalue weighted by atomic mass is 16.5. The van der Waals surface area contributed by atoms with E-state index in [2.05, 4.69) is 19.1 Å². The highest BCUT2D eigenvalue weighted by Gasteiger charge is 2.04. The van der Waals surface area contributed by atoms with Crippen molar-refractivity contribution in [2.75, 3.05) is 13.7 Å². The lowest BCUT2D eigenvalue weighted by Crippen LogP contribution is -2.15. The molecule has 0 aromatic heterocycles. The molecular formula is C15H25NO2. The van der Waals surface area contributed by atoms with Gasteiger partial charge in [-0.25, -0.2) is 0 Å². The van der Waals surface area contributed by atoms with Crippen molar-refractivity contribution in [3.63, 3.8) is 0 Å². The van der Waals surface area contributed by atoms with E-state index in [0.29, 0.717) is 0 Å². The number of hydrogen-bond acceptors (Lipinski definition) is 3. The van der Waals surface area contributed by atoms with Gasteiger partial charge in [0.25, 0.3) is 0 Å². The van der Waals surface area contributed by atoms with E-state index < -0.39 is 0 Å². The van der Waals surface area contributed by atoms with Crippen molar-refractivity contribution in [3.8, 4) is 5.75 Å². The van der Waals surface area contributed by atoms with Gasteiger partial charge in [-0.05, 0) is 44.4 Å². The number of hydrogen-bond donors (Lipinski definition) is 1. The molecule has 0 aliphatic heterocycles. The first kappa shape index (κ1) is 15.0. The van der Waals surface area contributed by atoms with Crippen LogP contribution in [0.2, 0.25) is 0 Å². The zero-order valence-corrected chi connectivity index (χ0v) is 11.7. The molecule has 1 rings (SSSR count). The average Bonchev–Trinajstić information content (AvgIpc) is 2.35. The highest BCUT2D eigenvalue weighted by molar-refractivity contribution is 5.27. The molecule has 0 aliphatic carbocycles. The minimum atomic E-state index is 0.180. The van der Waals surface area contributed by atoms with Crippen molar-refractivity contribution in [1.82, 2.24) is 0 Å². The van der Waals surface area contributed by atoms with Gasteiger partial charge in [0.15, 0.2) is 0 Å². The summed E-state index contributed by atoms with van der Waals surface area (Å²) in [6.45, 7) is 4.83. The molecule has 2 atom stereocenters. The van der Waals surface area contributed by atoms with Crippen LogP contribution in [-0.4, -0.2) is 25.9 Å². The first-order valence-electron chi connectivity index (χ1n) is 6.62. The van der Waals surface area contributed by atoms with Gasteiger partial charge in [-0.1, -0.05) is 12.1 Å². The van der Waals surface area contributed by atoms with Gasteiger partial charge >= 0.3 is 0 Å². The van der Waals surface area contributed by atoms with Crippen molar-refractivity contribution in [2.24, 2.45) is 5.73 Å². The quantitative estimate of drug-likeness (QED) is 0.772. The summed E-state index contributed by atoms with van der Waals surface area (Å²) in [5.41, 5.74) is 7.06. The fraction of sp³-hybridized carbons (Fsp3) is 0.600. The smallest absolute Gasteiger partial charge is 0.119 e. The molecule has 1 aromatic rings. The summed E-state index contributed by atoms with van der Waals surface area (Å²) in [5.74, 6) is 0.920. The van der Waals surface area contributed by atoms with E-state index >= 15 is 0 Å². The number of benzene rings is 1. The Labute approximate surface area is 110 Å². The van der Waals surface area contributed by atoms with Crippen molar-refractivity contribution in [2.45, 2.75) is 45.3 Å². The fourth-order valence-corrected chi connectivity index (χ4v) is 1.70. The fourth-order valence-electron chi connectivity index (χ4n) is 1.70. The Morgan fingerprint density at radius 3 is 2.33 bits per heavy atom. The average molecular weight is 251 g/mol. The van der Waals surface area contributed by atoms with Crippen LogP contribution in [0.3, 0.4) is 0 Å². The van der Waals surface area contributed by atoms with E-state index in [0.717, 1.165) is 31.6 Å². The van der Waals surface area contributed by atoms with Crippen molar-refractivity contribution < 1.29 is 9.47 Å². The van der Waals surface area contributed by atoms with Crippen LogP contribution in [0, 0.1) is 0 Å². The summed E-state index contributed by atoms with van der Waals surface area (Å²) < 4.78 is 10.8. The number of aryl methyl sites for hydroxylation is 1. The molecule has 0 saturated heterocycles. The number of methoxy groups -OCH3 is 1. The third kappa shape index (κ3) is 6.03. The molecule has 18 heavy (non-hydrogen) atoms. The van der Waals surface area contributed by atoms with E-state index in [1.807, 2.05) is 19.1 Å². The summed E-state index contributed by atoms with van der Waals surface area (Å²) in [4.78, 5) is 0. The molecule has 0 fully saturated rings. The van der Waals surface area contributed by atoms with Crippen molar-refractivity contribution in [1.29, 1.82) is 0 Å². The van der Waals surface area contributed by atoms with Crippen LogP contribution >= 0.6 is 0 Å². The Hall–Kier alpha value is -1.06. The summed E-state index contributed by atoms with van der Waals surface area (Å²) in [6.07, 6.45) is 3.13. The van der Waals surface area contributed by atoms with Gasteiger partial charge in [-0.2, -0.15) is 0 Å². The van der Waals surface area contributed by atoms with Gasteiger partial charge in [0, 0.05) is 26.2 Å². The molecule has 0 heterocycles. The molecule has 0 saturated carbocycles. The molecule has 2 N–H and O–H groups in total. The minimum absolute atomic E-state index is 0.180. The molecule has 3 nitrogen and oxygen atoms in total. The van der Waals surface area contributed by atoms with Gasteiger partial charge in [0.05, 0.1) is 6.10 Å². The predicted molar refractivity (Wildman–Crippen MR) is 75.0 cm³/mol. The first-order chi connectivity index (χ1) is 8.61. The normalized spacial score (nSPS) is 14.2. The molecule has 1 aromatic carbocycles. The van der Waals surface area contributed by atoms with E-state index in [-0.39, 0.29) is 12.1 Å². The second-order valence-corrected chi connectivity index (χ2v) is 4.87. The monoisotopic (exact) mass is 251 g/mol. The lowest BCUT2D eigenvalue weighted by Gasteiger charge is -2.14. The summed E-state index contributed by atoms with van der Waals surface area (Å²) in [5, 5.41) is 0. The molecule has 0 amide bonds. The van der Waals surface area contributed by atoms with E-state index in [4.69, 9.17) is 15.2 Å². The largest absolute Gasteiger partial charge is 0.491 e. The van der Waals surface area contributed by atoms with Crippen LogP contribution in [0.25, 0.3) is 0 Å². The SMILES string of the molecule is COCCC(C)Oc1ccc(CCC(C)N)cc1. The molecule has 0 aliphatic rings. The van der Waals surface area contributed by atoms with E-state index in [1.165, 1.54) is 5.56 Å². The molecule has 2 unspecified atom stereocenters. The van der Waals surface area contributed by atoms with Crippen LogP contribution in [0.15, 0.2) is 24.3 Å². The lowest BCUT2D eigenvalue weighted by atomic mass is 10.1. The van der Waals surface area contributed by atoms with E-state index in [1.54, 1.807) is 7.11 Å². The number of rotatable bonds is 8. The highest BCUT2D eigenvalue weighted by Crippen LogP contribution is 2.16. The summed E-state index contributed by atoms with van der Waals surface area (Å²) in [6, 6.07) is 8.54.